The third-order valence-electron chi connectivity index (χ3n) is 5.23. The number of amides is 1. The van der Waals surface area contributed by atoms with Crippen LogP contribution >= 0.6 is 0 Å². The lowest BCUT2D eigenvalue weighted by atomic mass is 9.99. The number of aliphatic hydroxyl groups excluding tert-OH is 1. The molecule has 3 aromatic carbocycles. The van der Waals surface area contributed by atoms with Crippen molar-refractivity contribution < 1.29 is 19.7 Å². The predicted octanol–water partition coefficient (Wildman–Crippen LogP) is 4.51. The van der Waals surface area contributed by atoms with E-state index in [1.807, 2.05) is 42.5 Å². The van der Waals surface area contributed by atoms with Crippen molar-refractivity contribution in [2.45, 2.75) is 39.0 Å². The van der Waals surface area contributed by atoms with Crippen LogP contribution in [0.5, 0.6) is 5.75 Å². The first-order chi connectivity index (χ1) is 15.8. The molecule has 33 heavy (non-hydrogen) atoms. The van der Waals surface area contributed by atoms with E-state index in [9.17, 15) is 15.0 Å². The second-order valence-corrected chi connectivity index (χ2v) is 8.67. The summed E-state index contributed by atoms with van der Waals surface area (Å²) in [6.45, 7) is 5.65. The number of rotatable bonds is 6. The largest absolute Gasteiger partial charge is 0.489 e. The summed E-state index contributed by atoms with van der Waals surface area (Å²) in [6, 6.07) is 22.2. The van der Waals surface area contributed by atoms with Gasteiger partial charge in [0.15, 0.2) is 0 Å². The molecule has 0 bridgehead atoms. The lowest BCUT2D eigenvalue weighted by Crippen LogP contribution is -2.53. The van der Waals surface area contributed by atoms with Gasteiger partial charge in [0, 0.05) is 11.1 Å². The zero-order valence-corrected chi connectivity index (χ0v) is 18.7. The number of fused-ring (bicyclic) bond motifs is 1. The van der Waals surface area contributed by atoms with E-state index in [0.717, 1.165) is 10.6 Å². The molecule has 1 amide bonds. The number of carboxylic acid groups (broad SMARTS) is 1. The summed E-state index contributed by atoms with van der Waals surface area (Å²) in [5, 5.41) is 30.6. The lowest BCUT2D eigenvalue weighted by Gasteiger charge is -2.32. The van der Waals surface area contributed by atoms with Gasteiger partial charge in [0.25, 0.3) is 0 Å². The summed E-state index contributed by atoms with van der Waals surface area (Å²) < 4.78 is 6.03. The summed E-state index contributed by atoms with van der Waals surface area (Å²) in [5.74, 6) is 0.538. The van der Waals surface area contributed by atoms with Crippen molar-refractivity contribution in [1.29, 1.82) is 0 Å². The maximum absolute atomic E-state index is 12.1. The summed E-state index contributed by atoms with van der Waals surface area (Å²) in [6.07, 6.45) is -2.27. The van der Waals surface area contributed by atoms with Gasteiger partial charge in [-0.05, 0) is 43.7 Å². The predicted molar refractivity (Wildman–Crippen MR) is 125 cm³/mol. The van der Waals surface area contributed by atoms with Crippen LogP contribution in [0.15, 0.2) is 72.8 Å². The number of nitrogens with zero attached hydrogens (tertiary/aromatic N) is 4. The number of para-hydroxylation sites is 2. The minimum atomic E-state index is -1.18. The molecule has 0 aliphatic carbocycles. The minimum Gasteiger partial charge on any atom is -0.489 e. The van der Waals surface area contributed by atoms with Gasteiger partial charge in [0.05, 0.1) is 5.54 Å². The molecule has 0 fully saturated rings. The molecule has 1 heterocycles. The second kappa shape index (κ2) is 8.91. The molecule has 0 saturated heterocycles. The molecule has 1 unspecified atom stereocenters. The fourth-order valence-corrected chi connectivity index (χ4v) is 3.74. The Morgan fingerprint density at radius 2 is 1.67 bits per heavy atom. The molecular formula is C25H26N4O4. The van der Waals surface area contributed by atoms with Gasteiger partial charge >= 0.3 is 6.09 Å². The Morgan fingerprint density at radius 3 is 2.36 bits per heavy atom. The molecular weight excluding hydrogens is 420 g/mol. The molecule has 4 rings (SSSR count). The zero-order chi connectivity index (χ0) is 23.6. The highest BCUT2D eigenvalue weighted by Gasteiger charge is 2.32. The topological polar surface area (TPSA) is 101 Å². The van der Waals surface area contributed by atoms with E-state index in [1.165, 1.54) is 4.79 Å². The second-order valence-electron chi connectivity index (χ2n) is 8.67. The number of aromatic nitrogens is 3. The SMILES string of the molecule is CC(C)(C)N(C(=O)O)n1nnc2cccc(C(O)c3ccccc3OCc3ccccc3)c21. The molecule has 0 saturated carbocycles. The summed E-state index contributed by atoms with van der Waals surface area (Å²) in [5.41, 5.74) is 2.15. The van der Waals surface area contributed by atoms with E-state index < -0.39 is 17.7 Å². The first-order valence-corrected chi connectivity index (χ1v) is 10.6. The van der Waals surface area contributed by atoms with Gasteiger partial charge in [-0.15, -0.1) is 9.89 Å². The van der Waals surface area contributed by atoms with Crippen LogP contribution in [0.1, 0.15) is 43.6 Å². The Labute approximate surface area is 191 Å². The summed E-state index contributed by atoms with van der Waals surface area (Å²) in [7, 11) is 0. The average molecular weight is 447 g/mol. The standard InChI is InChI=1S/C25H26N4O4/c1-25(2,3)28(24(31)32)29-22-19(13-9-14-20(22)26-27-29)23(30)18-12-7-8-15-21(18)33-16-17-10-5-4-6-11-17/h4-15,23,30H,16H2,1-3H3,(H,31,32). The summed E-state index contributed by atoms with van der Waals surface area (Å²) in [4.78, 5) is 13.3. The van der Waals surface area contributed by atoms with Crippen molar-refractivity contribution in [1.82, 2.24) is 15.1 Å². The van der Waals surface area contributed by atoms with Gasteiger partial charge in [-0.3, -0.25) is 0 Å². The number of ether oxygens (including phenoxy) is 1. The van der Waals surface area contributed by atoms with Crippen LogP contribution in [0, 0.1) is 0 Å². The molecule has 0 spiro atoms. The quantitative estimate of drug-likeness (QED) is 0.452. The van der Waals surface area contributed by atoms with Gasteiger partial charge in [0.2, 0.25) is 0 Å². The van der Waals surface area contributed by atoms with E-state index >= 15 is 0 Å². The van der Waals surface area contributed by atoms with Crippen LogP contribution in [0.25, 0.3) is 11.0 Å². The van der Waals surface area contributed by atoms with Crippen molar-refractivity contribution in [2.24, 2.45) is 0 Å². The van der Waals surface area contributed by atoms with Gasteiger partial charge in [-0.2, -0.15) is 5.01 Å². The Bertz CT molecular complexity index is 1260. The van der Waals surface area contributed by atoms with Crippen LogP contribution < -0.4 is 9.75 Å². The van der Waals surface area contributed by atoms with Crippen LogP contribution in [0.4, 0.5) is 4.79 Å². The molecule has 8 nitrogen and oxygen atoms in total. The maximum atomic E-state index is 12.1. The molecule has 8 heteroatoms. The lowest BCUT2D eigenvalue weighted by molar-refractivity contribution is 0.182. The third kappa shape index (κ3) is 4.51. The van der Waals surface area contributed by atoms with E-state index in [2.05, 4.69) is 10.3 Å². The molecule has 0 aliphatic rings. The molecule has 170 valence electrons. The molecule has 0 radical (unpaired) electrons. The van der Waals surface area contributed by atoms with Crippen LogP contribution in [-0.2, 0) is 6.61 Å². The van der Waals surface area contributed by atoms with Gasteiger partial charge in [-0.1, -0.05) is 60.7 Å². The Kier molecular flexibility index (Phi) is 6.02. The molecule has 2 N–H and O–H groups in total. The number of hydrogen-bond donors (Lipinski definition) is 2. The fourth-order valence-electron chi connectivity index (χ4n) is 3.74. The molecule has 1 atom stereocenters. The maximum Gasteiger partial charge on any atom is 0.428 e. The van der Waals surface area contributed by atoms with Crippen LogP contribution in [0.2, 0.25) is 0 Å². The van der Waals surface area contributed by atoms with E-state index in [-0.39, 0.29) is 0 Å². The molecule has 0 aliphatic heterocycles. The van der Waals surface area contributed by atoms with E-state index in [1.54, 1.807) is 51.1 Å². The Balaban J connectivity index is 1.76. The van der Waals surface area contributed by atoms with E-state index in [4.69, 9.17) is 4.74 Å². The Hall–Kier alpha value is -3.91. The first-order valence-electron chi connectivity index (χ1n) is 10.6. The first kappa shape index (κ1) is 22.3. The summed E-state index contributed by atoms with van der Waals surface area (Å²) >= 11 is 0. The minimum absolute atomic E-state index is 0.352. The number of benzene rings is 3. The van der Waals surface area contributed by atoms with Crippen molar-refractivity contribution in [3.63, 3.8) is 0 Å². The number of carbonyl (C=O) groups is 1. The van der Waals surface area contributed by atoms with Crippen molar-refractivity contribution in [3.8, 4) is 5.75 Å². The van der Waals surface area contributed by atoms with Gasteiger partial charge < -0.3 is 14.9 Å². The Morgan fingerprint density at radius 1 is 1.00 bits per heavy atom. The van der Waals surface area contributed by atoms with Crippen LogP contribution in [0.3, 0.4) is 0 Å². The molecule has 1 aromatic heterocycles. The third-order valence-corrected chi connectivity index (χ3v) is 5.23. The van der Waals surface area contributed by atoms with Crippen molar-refractivity contribution in [3.05, 3.63) is 89.5 Å². The number of aliphatic hydroxyl groups is 1. The van der Waals surface area contributed by atoms with Crippen molar-refractivity contribution >= 4 is 17.1 Å². The van der Waals surface area contributed by atoms with Gasteiger partial charge in [-0.25, -0.2) is 4.79 Å². The fraction of sp³-hybridized carbons (Fsp3) is 0.240. The van der Waals surface area contributed by atoms with Crippen LogP contribution in [-0.4, -0.2) is 36.9 Å². The number of hydrogen-bond acceptors (Lipinski definition) is 5. The highest BCUT2D eigenvalue weighted by atomic mass is 16.5. The normalized spacial score (nSPS) is 12.5. The monoisotopic (exact) mass is 446 g/mol. The van der Waals surface area contributed by atoms with E-state index in [0.29, 0.717) is 34.5 Å². The van der Waals surface area contributed by atoms with Gasteiger partial charge in [0.1, 0.15) is 29.5 Å². The highest BCUT2D eigenvalue weighted by molar-refractivity contribution is 5.84. The smallest absolute Gasteiger partial charge is 0.428 e. The zero-order valence-electron chi connectivity index (χ0n) is 18.7. The average Bonchev–Trinajstić information content (AvgIpc) is 3.20. The van der Waals surface area contributed by atoms with Crippen molar-refractivity contribution in [2.75, 3.05) is 5.01 Å². The highest BCUT2D eigenvalue weighted by Crippen LogP contribution is 2.34. The molecule has 4 aromatic rings.